The number of aliphatic carboxylic acids is 2. The van der Waals surface area contributed by atoms with Crippen LogP contribution in [0.15, 0.2) is 0 Å². The van der Waals surface area contributed by atoms with Crippen LogP contribution in [0.25, 0.3) is 0 Å². The molecule has 1 amide bonds. The molecule has 7 nitrogen and oxygen atoms in total. The summed E-state index contributed by atoms with van der Waals surface area (Å²) in [5.74, 6) is -2.86. The Morgan fingerprint density at radius 3 is 2.24 bits per heavy atom. The molecule has 0 aromatic carbocycles. The average Bonchev–Trinajstić information content (AvgIpc) is 2.23. The number of carbonyl (C=O) groups is 3. The Morgan fingerprint density at radius 2 is 1.88 bits per heavy atom. The molecule has 0 radical (unpaired) electrons. The predicted octanol–water partition coefficient (Wildman–Crippen LogP) is -0.594. The number of nitrogens with two attached hydrogens (primary N) is 1. The topological polar surface area (TPSA) is 130 Å². The van der Waals surface area contributed by atoms with Crippen LogP contribution in [0.3, 0.4) is 0 Å². The fraction of sp³-hybridized carbons (Fsp3) is 0.700. The van der Waals surface area contributed by atoms with Gasteiger partial charge in [-0.3, -0.25) is 14.4 Å². The molecule has 0 aliphatic carbocycles. The van der Waals surface area contributed by atoms with Crippen molar-refractivity contribution >= 4 is 17.8 Å². The first-order chi connectivity index (χ1) is 7.73. The van der Waals surface area contributed by atoms with Crippen LogP contribution in [-0.2, 0) is 14.4 Å². The van der Waals surface area contributed by atoms with Crippen molar-refractivity contribution in [3.05, 3.63) is 0 Å². The van der Waals surface area contributed by atoms with Crippen LogP contribution in [0.5, 0.6) is 0 Å². The van der Waals surface area contributed by atoms with Crippen LogP contribution in [-0.4, -0.2) is 40.6 Å². The predicted molar refractivity (Wildman–Crippen MR) is 59.3 cm³/mol. The molecule has 0 rings (SSSR count). The molecule has 0 spiro atoms. The maximum absolute atomic E-state index is 11.4. The largest absolute Gasteiger partial charge is 0.481 e. The van der Waals surface area contributed by atoms with Crippen molar-refractivity contribution in [3.8, 4) is 0 Å². The Labute approximate surface area is 99.0 Å². The number of nitrogens with one attached hydrogen (secondary N) is 1. The van der Waals surface area contributed by atoms with Crippen molar-refractivity contribution < 1.29 is 24.6 Å². The normalized spacial score (nSPS) is 15.7. The number of amides is 1. The van der Waals surface area contributed by atoms with E-state index in [0.29, 0.717) is 6.42 Å². The van der Waals surface area contributed by atoms with Crippen LogP contribution in [0.1, 0.15) is 26.7 Å². The Bertz CT molecular complexity index is 318. The van der Waals surface area contributed by atoms with E-state index in [1.54, 1.807) is 6.92 Å². The van der Waals surface area contributed by atoms with E-state index in [2.05, 4.69) is 5.32 Å². The second-order valence-electron chi connectivity index (χ2n) is 4.14. The van der Waals surface area contributed by atoms with E-state index in [9.17, 15) is 14.4 Å². The van der Waals surface area contributed by atoms with Gasteiger partial charge in [0.1, 0.15) is 0 Å². The number of carbonyl (C=O) groups excluding carboxylic acids is 1. The Kier molecular flexibility index (Phi) is 5.60. The van der Waals surface area contributed by atoms with Gasteiger partial charge in [0.05, 0.1) is 17.9 Å². The summed E-state index contributed by atoms with van der Waals surface area (Å²) in [6, 6.07) is -1.16. The van der Waals surface area contributed by atoms with Crippen molar-refractivity contribution in [1.29, 1.82) is 0 Å². The summed E-state index contributed by atoms with van der Waals surface area (Å²) in [6.07, 6.45) is -0.140. The van der Waals surface area contributed by atoms with Crippen LogP contribution >= 0.6 is 0 Å². The number of hydrogen-bond donors (Lipinski definition) is 4. The number of carboxylic acid groups (broad SMARTS) is 2. The Morgan fingerprint density at radius 1 is 1.35 bits per heavy atom. The third kappa shape index (κ3) is 4.81. The summed E-state index contributed by atoms with van der Waals surface area (Å²) in [7, 11) is 0. The van der Waals surface area contributed by atoms with Crippen LogP contribution in [0.2, 0.25) is 0 Å². The summed E-state index contributed by atoms with van der Waals surface area (Å²) >= 11 is 0. The number of rotatable bonds is 7. The molecule has 0 bridgehead atoms. The molecule has 0 aromatic rings. The van der Waals surface area contributed by atoms with Gasteiger partial charge in [0.15, 0.2) is 0 Å². The lowest BCUT2D eigenvalue weighted by atomic mass is 9.87. The smallest absolute Gasteiger partial charge is 0.311 e. The first-order valence-corrected chi connectivity index (χ1v) is 5.21. The summed E-state index contributed by atoms with van der Waals surface area (Å²) in [4.78, 5) is 32.6. The zero-order chi connectivity index (χ0) is 13.6. The molecule has 7 heteroatoms. The van der Waals surface area contributed by atoms with E-state index in [1.807, 2.05) is 0 Å². The van der Waals surface area contributed by atoms with Crippen molar-refractivity contribution in [2.75, 3.05) is 6.54 Å². The quantitative estimate of drug-likeness (QED) is 0.475. The van der Waals surface area contributed by atoms with E-state index in [4.69, 9.17) is 15.9 Å². The van der Waals surface area contributed by atoms with Gasteiger partial charge in [-0.2, -0.15) is 0 Å². The van der Waals surface area contributed by atoms with Gasteiger partial charge in [-0.25, -0.2) is 0 Å². The number of carboxylic acids is 2. The maximum Gasteiger partial charge on any atom is 0.311 e. The Hall–Kier alpha value is -1.63. The lowest BCUT2D eigenvalue weighted by Gasteiger charge is -2.24. The van der Waals surface area contributed by atoms with Crippen molar-refractivity contribution in [2.45, 2.75) is 32.7 Å². The van der Waals surface area contributed by atoms with Crippen molar-refractivity contribution in [2.24, 2.45) is 11.1 Å². The molecule has 5 N–H and O–H groups in total. The molecule has 98 valence electrons. The minimum absolute atomic E-state index is 0.0784. The van der Waals surface area contributed by atoms with E-state index in [1.165, 1.54) is 6.92 Å². The second-order valence-corrected chi connectivity index (χ2v) is 4.14. The van der Waals surface area contributed by atoms with Crippen molar-refractivity contribution in [3.63, 3.8) is 0 Å². The van der Waals surface area contributed by atoms with Gasteiger partial charge in [0, 0.05) is 6.54 Å². The van der Waals surface area contributed by atoms with Gasteiger partial charge in [-0.15, -0.1) is 0 Å². The molecule has 0 aliphatic heterocycles. The van der Waals surface area contributed by atoms with E-state index in [-0.39, 0.29) is 6.54 Å². The van der Waals surface area contributed by atoms with E-state index in [0.717, 1.165) is 0 Å². The third-order valence-corrected chi connectivity index (χ3v) is 2.68. The molecular weight excluding hydrogens is 228 g/mol. The van der Waals surface area contributed by atoms with Crippen LogP contribution in [0, 0.1) is 5.41 Å². The molecule has 0 aliphatic rings. The molecule has 17 heavy (non-hydrogen) atoms. The minimum Gasteiger partial charge on any atom is -0.481 e. The van der Waals surface area contributed by atoms with Crippen LogP contribution < -0.4 is 11.1 Å². The molecule has 0 heterocycles. The second kappa shape index (κ2) is 6.19. The van der Waals surface area contributed by atoms with Gasteiger partial charge >= 0.3 is 11.9 Å². The highest BCUT2D eigenvalue weighted by Crippen LogP contribution is 2.19. The van der Waals surface area contributed by atoms with Crippen molar-refractivity contribution in [1.82, 2.24) is 5.32 Å². The molecule has 2 unspecified atom stereocenters. The molecular formula is C10H18N2O5. The third-order valence-electron chi connectivity index (χ3n) is 2.68. The summed E-state index contributed by atoms with van der Waals surface area (Å²) < 4.78 is 0. The fourth-order valence-corrected chi connectivity index (χ4v) is 1.05. The Balaban J connectivity index is 4.32. The zero-order valence-electron chi connectivity index (χ0n) is 9.90. The molecule has 0 saturated heterocycles. The molecule has 2 atom stereocenters. The zero-order valence-corrected chi connectivity index (χ0v) is 9.90. The summed E-state index contributed by atoms with van der Waals surface area (Å²) in [5.41, 5.74) is 4.25. The molecule has 0 fully saturated rings. The molecule has 0 saturated carbocycles. The maximum atomic E-state index is 11.4. The highest BCUT2D eigenvalue weighted by molar-refractivity contribution is 5.86. The van der Waals surface area contributed by atoms with Gasteiger partial charge in [-0.1, -0.05) is 6.92 Å². The first-order valence-electron chi connectivity index (χ1n) is 5.21. The van der Waals surface area contributed by atoms with Gasteiger partial charge in [-0.05, 0) is 13.3 Å². The van der Waals surface area contributed by atoms with E-state index < -0.39 is 35.7 Å². The van der Waals surface area contributed by atoms with Gasteiger partial charge < -0.3 is 21.3 Å². The van der Waals surface area contributed by atoms with E-state index >= 15 is 0 Å². The van der Waals surface area contributed by atoms with Crippen LogP contribution in [0.4, 0.5) is 0 Å². The lowest BCUT2D eigenvalue weighted by Crippen LogP contribution is -2.47. The lowest BCUT2D eigenvalue weighted by molar-refractivity contribution is -0.148. The highest BCUT2D eigenvalue weighted by Gasteiger charge is 2.32. The number of hydrogen-bond acceptors (Lipinski definition) is 4. The summed E-state index contributed by atoms with van der Waals surface area (Å²) in [6.45, 7) is 3.11. The monoisotopic (exact) mass is 246 g/mol. The summed E-state index contributed by atoms with van der Waals surface area (Å²) in [5, 5.41) is 19.7. The van der Waals surface area contributed by atoms with Gasteiger partial charge in [0.25, 0.3) is 0 Å². The minimum atomic E-state index is -1.18. The average molecular weight is 246 g/mol. The van der Waals surface area contributed by atoms with Gasteiger partial charge in [0.2, 0.25) is 5.91 Å². The fourth-order valence-electron chi connectivity index (χ4n) is 1.05. The molecule has 0 aromatic heterocycles. The first kappa shape index (κ1) is 15.4. The standard InChI is InChI=1S/C10H18N2O5/c1-3-10(2,9(16)17)5-12-8(15)6(11)4-7(13)14/h6H,3-5,11H2,1-2H3,(H,12,15)(H,13,14)(H,16,17). The highest BCUT2D eigenvalue weighted by atomic mass is 16.4. The SMILES string of the molecule is CCC(C)(CNC(=O)C(N)CC(=O)O)C(=O)O.